The molecule has 1 aromatic carbocycles. The average molecular weight is 297 g/mol. The third-order valence-electron chi connectivity index (χ3n) is 3.91. The van der Waals surface area contributed by atoms with Gasteiger partial charge in [-0.15, -0.1) is 0 Å². The minimum absolute atomic E-state index is 0.0474. The highest BCUT2D eigenvalue weighted by atomic mass is 16.5. The summed E-state index contributed by atoms with van der Waals surface area (Å²) in [7, 11) is 1.77. The quantitative estimate of drug-likeness (QED) is 0.799. The maximum absolute atomic E-state index is 12.5. The lowest BCUT2D eigenvalue weighted by molar-refractivity contribution is 0.312. The highest BCUT2D eigenvalue weighted by Gasteiger charge is 2.21. The van der Waals surface area contributed by atoms with Gasteiger partial charge in [-0.3, -0.25) is 4.79 Å². The molecule has 0 aliphatic carbocycles. The van der Waals surface area contributed by atoms with Crippen LogP contribution in [0, 0.1) is 13.8 Å². The van der Waals surface area contributed by atoms with Gasteiger partial charge >= 0.3 is 0 Å². The van der Waals surface area contributed by atoms with Gasteiger partial charge in [0.05, 0.1) is 18.4 Å². The summed E-state index contributed by atoms with van der Waals surface area (Å²) in [6, 6.07) is 9.73. The van der Waals surface area contributed by atoms with E-state index in [1.165, 1.54) is 0 Å². The van der Waals surface area contributed by atoms with Crippen LogP contribution in [-0.4, -0.2) is 11.2 Å². The van der Waals surface area contributed by atoms with Crippen molar-refractivity contribution in [2.24, 2.45) is 7.05 Å². The second-order valence-electron chi connectivity index (χ2n) is 5.57. The van der Waals surface area contributed by atoms with Crippen molar-refractivity contribution in [3.8, 4) is 11.5 Å². The van der Waals surface area contributed by atoms with E-state index in [-0.39, 0.29) is 5.56 Å². The molecule has 4 heteroatoms. The van der Waals surface area contributed by atoms with Gasteiger partial charge in [0.1, 0.15) is 11.5 Å². The van der Waals surface area contributed by atoms with E-state index < -0.39 is 0 Å². The fraction of sp³-hybridized carbons (Fsp3) is 0.278. The van der Waals surface area contributed by atoms with Gasteiger partial charge in [-0.2, -0.15) is 0 Å². The third-order valence-corrected chi connectivity index (χ3v) is 3.91. The van der Waals surface area contributed by atoms with Crippen LogP contribution in [0.15, 0.2) is 41.4 Å². The van der Waals surface area contributed by atoms with Crippen molar-refractivity contribution in [3.63, 3.8) is 0 Å². The molecule has 2 aromatic rings. The zero-order valence-corrected chi connectivity index (χ0v) is 13.1. The molecular weight excluding hydrogens is 278 g/mol. The van der Waals surface area contributed by atoms with E-state index in [1.807, 2.05) is 44.2 Å². The van der Waals surface area contributed by atoms with E-state index in [4.69, 9.17) is 9.47 Å². The van der Waals surface area contributed by atoms with E-state index in [0.29, 0.717) is 24.3 Å². The standard InChI is InChI=1S/C18H19NO3/c1-12-5-4-6-15(9-12)22-11-14-7-8-21-16-10-13(2)19(3)18(20)17(14)16/h4-6,9-11H,7-8H2,1-3H3/b14-11-. The monoisotopic (exact) mass is 297 g/mol. The largest absolute Gasteiger partial charge is 0.492 e. The maximum atomic E-state index is 12.5. The molecule has 0 saturated heterocycles. The first-order valence-electron chi connectivity index (χ1n) is 7.32. The van der Waals surface area contributed by atoms with Crippen LogP contribution in [0.1, 0.15) is 23.2 Å². The molecule has 0 amide bonds. The number of pyridine rings is 1. The minimum Gasteiger partial charge on any atom is -0.492 e. The van der Waals surface area contributed by atoms with Gasteiger partial charge < -0.3 is 14.0 Å². The Hall–Kier alpha value is -2.49. The number of fused-ring (bicyclic) bond motifs is 1. The van der Waals surface area contributed by atoms with Crippen molar-refractivity contribution in [3.05, 3.63) is 63.8 Å². The maximum Gasteiger partial charge on any atom is 0.261 e. The van der Waals surface area contributed by atoms with Crippen LogP contribution in [0.5, 0.6) is 11.5 Å². The highest BCUT2D eigenvalue weighted by Crippen LogP contribution is 2.31. The van der Waals surface area contributed by atoms with Crippen LogP contribution >= 0.6 is 0 Å². The van der Waals surface area contributed by atoms with Crippen LogP contribution in [0.3, 0.4) is 0 Å². The fourth-order valence-electron chi connectivity index (χ4n) is 2.54. The summed E-state index contributed by atoms with van der Waals surface area (Å²) in [4.78, 5) is 12.5. The van der Waals surface area contributed by atoms with E-state index in [2.05, 4.69) is 0 Å². The first kappa shape index (κ1) is 14.4. The molecule has 0 saturated carbocycles. The van der Waals surface area contributed by atoms with Gasteiger partial charge in [-0.25, -0.2) is 0 Å². The lowest BCUT2D eigenvalue weighted by atomic mass is 10.0. The molecule has 4 nitrogen and oxygen atoms in total. The van der Waals surface area contributed by atoms with E-state index in [9.17, 15) is 4.79 Å². The Morgan fingerprint density at radius 2 is 2.09 bits per heavy atom. The second kappa shape index (κ2) is 5.72. The molecule has 0 N–H and O–H groups in total. The second-order valence-corrected chi connectivity index (χ2v) is 5.57. The van der Waals surface area contributed by atoms with E-state index in [0.717, 1.165) is 22.6 Å². The van der Waals surface area contributed by atoms with Crippen molar-refractivity contribution in [2.75, 3.05) is 6.61 Å². The Morgan fingerprint density at radius 1 is 1.27 bits per heavy atom. The van der Waals surface area contributed by atoms with Gasteiger partial charge in [0.15, 0.2) is 0 Å². The molecule has 3 rings (SSSR count). The average Bonchev–Trinajstić information content (AvgIpc) is 2.50. The molecule has 0 bridgehead atoms. The van der Waals surface area contributed by atoms with Gasteiger partial charge in [-0.05, 0) is 31.5 Å². The van der Waals surface area contributed by atoms with Crippen molar-refractivity contribution in [1.82, 2.24) is 4.57 Å². The molecule has 0 radical (unpaired) electrons. The number of benzene rings is 1. The minimum atomic E-state index is -0.0474. The van der Waals surface area contributed by atoms with Crippen LogP contribution in [0.25, 0.3) is 5.57 Å². The lowest BCUT2D eigenvalue weighted by Gasteiger charge is -2.21. The van der Waals surface area contributed by atoms with Crippen LogP contribution in [-0.2, 0) is 7.05 Å². The third kappa shape index (κ3) is 2.64. The van der Waals surface area contributed by atoms with Gasteiger partial charge in [0.25, 0.3) is 5.56 Å². The van der Waals surface area contributed by atoms with E-state index in [1.54, 1.807) is 17.9 Å². The summed E-state index contributed by atoms with van der Waals surface area (Å²) >= 11 is 0. The summed E-state index contributed by atoms with van der Waals surface area (Å²) in [5.41, 5.74) is 3.45. The molecule has 114 valence electrons. The van der Waals surface area contributed by atoms with Crippen LogP contribution in [0.2, 0.25) is 0 Å². The summed E-state index contributed by atoms with van der Waals surface area (Å²) in [5, 5.41) is 0. The summed E-state index contributed by atoms with van der Waals surface area (Å²) in [6.45, 7) is 4.47. The van der Waals surface area contributed by atoms with Crippen molar-refractivity contribution in [1.29, 1.82) is 0 Å². The molecule has 22 heavy (non-hydrogen) atoms. The molecule has 0 fully saturated rings. The summed E-state index contributed by atoms with van der Waals surface area (Å²) in [6.07, 6.45) is 2.34. The Labute approximate surface area is 129 Å². The molecule has 0 spiro atoms. The van der Waals surface area contributed by atoms with Gasteiger partial charge in [0.2, 0.25) is 0 Å². The number of rotatable bonds is 2. The van der Waals surface area contributed by atoms with Crippen molar-refractivity contribution in [2.45, 2.75) is 20.3 Å². The number of aromatic nitrogens is 1. The van der Waals surface area contributed by atoms with E-state index >= 15 is 0 Å². The van der Waals surface area contributed by atoms with Gasteiger partial charge in [0, 0.05) is 30.8 Å². The number of aryl methyl sites for hydroxylation is 2. The SMILES string of the molecule is Cc1cccc(O/C=C2/CCOc3cc(C)n(C)c(=O)c32)c1. The van der Waals surface area contributed by atoms with Crippen molar-refractivity contribution >= 4 is 5.57 Å². The Bertz CT molecular complexity index is 802. The lowest BCUT2D eigenvalue weighted by Crippen LogP contribution is -2.26. The normalized spacial score (nSPS) is 15.3. The predicted molar refractivity (Wildman–Crippen MR) is 86.3 cm³/mol. The van der Waals surface area contributed by atoms with Crippen molar-refractivity contribution < 1.29 is 9.47 Å². The van der Waals surface area contributed by atoms with Gasteiger partial charge in [-0.1, -0.05) is 12.1 Å². The molecule has 0 unspecified atom stereocenters. The number of nitrogens with zero attached hydrogens (tertiary/aromatic N) is 1. The zero-order valence-electron chi connectivity index (χ0n) is 13.1. The topological polar surface area (TPSA) is 40.5 Å². The summed E-state index contributed by atoms with van der Waals surface area (Å²) < 4.78 is 13.0. The molecule has 0 atom stereocenters. The molecule has 1 aliphatic heterocycles. The Morgan fingerprint density at radius 3 is 2.86 bits per heavy atom. The Kier molecular flexibility index (Phi) is 3.75. The van der Waals surface area contributed by atoms with Crippen LogP contribution < -0.4 is 15.0 Å². The molecular formula is C18H19NO3. The highest BCUT2D eigenvalue weighted by molar-refractivity contribution is 5.71. The first-order valence-corrected chi connectivity index (χ1v) is 7.32. The molecule has 1 aliphatic rings. The molecule has 1 aromatic heterocycles. The first-order chi connectivity index (χ1) is 10.6. The number of ether oxygens (including phenoxy) is 2. The Balaban J connectivity index is 1.99. The fourth-order valence-corrected chi connectivity index (χ4v) is 2.54. The zero-order chi connectivity index (χ0) is 15.7. The number of hydrogen-bond acceptors (Lipinski definition) is 3. The molecule has 2 heterocycles. The smallest absolute Gasteiger partial charge is 0.261 e. The predicted octanol–water partition coefficient (Wildman–Crippen LogP) is 3.20. The van der Waals surface area contributed by atoms with Crippen LogP contribution in [0.4, 0.5) is 0 Å². The number of hydrogen-bond donors (Lipinski definition) is 0. The summed E-state index contributed by atoms with van der Waals surface area (Å²) in [5.74, 6) is 1.41.